The molecule has 0 saturated carbocycles. The van der Waals surface area contributed by atoms with Gasteiger partial charge in [-0.15, -0.1) is 0 Å². The number of nitrogens with zero attached hydrogens (tertiary/aromatic N) is 3. The first-order valence-corrected chi connectivity index (χ1v) is 6.92. The minimum Gasteiger partial charge on any atom is -0.465 e. The summed E-state index contributed by atoms with van der Waals surface area (Å²) in [6, 6.07) is -0.252. The van der Waals surface area contributed by atoms with Crippen molar-refractivity contribution in [3.05, 3.63) is 29.1 Å². The third-order valence-electron chi connectivity index (χ3n) is 4.22. The molecule has 1 N–H and O–H groups in total. The molecule has 1 aromatic rings. The van der Waals surface area contributed by atoms with Gasteiger partial charge in [-0.3, -0.25) is 4.68 Å². The third-order valence-corrected chi connectivity index (χ3v) is 4.22. The molecule has 1 amide bonds. The fourth-order valence-electron chi connectivity index (χ4n) is 3.17. The summed E-state index contributed by atoms with van der Waals surface area (Å²) in [6.07, 6.45) is -0.636. The number of allylic oxidation sites excluding steroid dienone is 1. The van der Waals surface area contributed by atoms with Gasteiger partial charge in [0, 0.05) is 31.0 Å². The fourth-order valence-corrected chi connectivity index (χ4v) is 3.17. The van der Waals surface area contributed by atoms with Gasteiger partial charge < -0.3 is 10.0 Å². The lowest BCUT2D eigenvalue weighted by molar-refractivity contribution is -0.0115. The van der Waals surface area contributed by atoms with Gasteiger partial charge in [0.15, 0.2) is 0 Å². The number of halogens is 2. The molecule has 1 aromatic heterocycles. The van der Waals surface area contributed by atoms with Gasteiger partial charge in [-0.05, 0) is 13.3 Å². The highest BCUT2D eigenvalue weighted by Gasteiger charge is 2.44. The Morgan fingerprint density at radius 2 is 2.24 bits per heavy atom. The number of carbonyl (C=O) groups is 1. The van der Waals surface area contributed by atoms with Gasteiger partial charge in [-0.25, -0.2) is 4.79 Å². The molecule has 7 heteroatoms. The topological polar surface area (TPSA) is 58.4 Å². The molecule has 2 aliphatic rings. The largest absolute Gasteiger partial charge is 0.465 e. The molecular weight excluding hydrogens is 280 g/mol. The molecule has 3 heterocycles. The molecule has 0 fully saturated rings. The zero-order valence-electron chi connectivity index (χ0n) is 11.8. The predicted molar refractivity (Wildman–Crippen MR) is 71.2 cm³/mol. The van der Waals surface area contributed by atoms with Gasteiger partial charge in [0.2, 0.25) is 0 Å². The van der Waals surface area contributed by atoms with Crippen molar-refractivity contribution >= 4 is 6.09 Å². The van der Waals surface area contributed by atoms with Crippen molar-refractivity contribution in [2.24, 2.45) is 0 Å². The number of fused-ring (bicyclic) bond motifs is 3. The standard InChI is InChI=1S/C14H17F2N3O2/c1-8-3-4-19-12(14(15,16)6-8)10-7-18(13(20)21)9(2)5-11(10)17-19/h9H,1,3-7H2,2H3,(H,20,21)/t9-/m1/s1. The Labute approximate surface area is 120 Å². The Kier molecular flexibility index (Phi) is 3.04. The molecule has 5 nitrogen and oxygen atoms in total. The molecule has 0 unspecified atom stereocenters. The minimum atomic E-state index is -3.04. The van der Waals surface area contributed by atoms with E-state index >= 15 is 0 Å². The summed E-state index contributed by atoms with van der Waals surface area (Å²) in [5, 5.41) is 13.5. The zero-order chi connectivity index (χ0) is 15.4. The number of hydrogen-bond donors (Lipinski definition) is 1. The van der Waals surface area contributed by atoms with Crippen molar-refractivity contribution in [2.75, 3.05) is 0 Å². The lowest BCUT2D eigenvalue weighted by Gasteiger charge is -2.31. The molecule has 21 heavy (non-hydrogen) atoms. The first-order valence-electron chi connectivity index (χ1n) is 6.92. The molecular formula is C14H17F2N3O2. The maximum Gasteiger partial charge on any atom is 0.407 e. The number of aromatic nitrogens is 2. The number of alkyl halides is 2. The van der Waals surface area contributed by atoms with E-state index in [9.17, 15) is 18.7 Å². The van der Waals surface area contributed by atoms with E-state index in [0.29, 0.717) is 36.2 Å². The summed E-state index contributed by atoms with van der Waals surface area (Å²) in [6.45, 7) is 5.79. The Hall–Kier alpha value is -1.92. The number of amides is 1. The van der Waals surface area contributed by atoms with Crippen LogP contribution >= 0.6 is 0 Å². The van der Waals surface area contributed by atoms with Crippen LogP contribution in [0.2, 0.25) is 0 Å². The van der Waals surface area contributed by atoms with Crippen LogP contribution in [0.4, 0.5) is 13.6 Å². The Morgan fingerprint density at radius 1 is 1.52 bits per heavy atom. The van der Waals surface area contributed by atoms with Gasteiger partial charge >= 0.3 is 6.09 Å². The Balaban J connectivity index is 2.09. The molecule has 0 saturated heterocycles. The van der Waals surface area contributed by atoms with Crippen LogP contribution in [-0.2, 0) is 25.4 Å². The average molecular weight is 297 g/mol. The third kappa shape index (κ3) is 2.20. The van der Waals surface area contributed by atoms with E-state index in [-0.39, 0.29) is 18.3 Å². The van der Waals surface area contributed by atoms with Gasteiger partial charge in [0.05, 0.1) is 12.2 Å². The quantitative estimate of drug-likeness (QED) is 0.749. The highest BCUT2D eigenvalue weighted by atomic mass is 19.3. The van der Waals surface area contributed by atoms with Gasteiger partial charge in [0.1, 0.15) is 5.69 Å². The minimum absolute atomic E-state index is 0.0246. The monoisotopic (exact) mass is 297 g/mol. The zero-order valence-corrected chi connectivity index (χ0v) is 11.8. The number of aryl methyl sites for hydroxylation is 1. The second-order valence-corrected chi connectivity index (χ2v) is 5.84. The first-order chi connectivity index (χ1) is 9.79. The predicted octanol–water partition coefficient (Wildman–Crippen LogP) is 2.75. The van der Waals surface area contributed by atoms with Crippen LogP contribution < -0.4 is 0 Å². The normalized spacial score (nSPS) is 24.2. The van der Waals surface area contributed by atoms with Gasteiger partial charge in [0.25, 0.3) is 5.92 Å². The van der Waals surface area contributed by atoms with Gasteiger partial charge in [-0.1, -0.05) is 12.2 Å². The van der Waals surface area contributed by atoms with Crippen LogP contribution in [0.25, 0.3) is 0 Å². The second kappa shape index (κ2) is 4.54. The Bertz CT molecular complexity index is 624. The maximum atomic E-state index is 14.5. The SMILES string of the molecule is C=C1CCn2nc3c(c2C(F)(F)C1)CN(C(=O)O)[C@H](C)C3. The van der Waals surface area contributed by atoms with Crippen molar-refractivity contribution in [3.63, 3.8) is 0 Å². The van der Waals surface area contributed by atoms with Gasteiger partial charge in [-0.2, -0.15) is 13.9 Å². The van der Waals surface area contributed by atoms with Crippen LogP contribution in [0.5, 0.6) is 0 Å². The van der Waals surface area contributed by atoms with Crippen molar-refractivity contribution in [1.82, 2.24) is 14.7 Å². The molecule has 0 aromatic carbocycles. The van der Waals surface area contributed by atoms with E-state index in [4.69, 9.17) is 0 Å². The number of rotatable bonds is 0. The molecule has 0 aliphatic carbocycles. The highest BCUT2D eigenvalue weighted by Crippen LogP contribution is 2.42. The molecule has 1 atom stereocenters. The van der Waals surface area contributed by atoms with Crippen LogP contribution in [0, 0.1) is 0 Å². The van der Waals surface area contributed by atoms with Crippen molar-refractivity contribution in [2.45, 2.75) is 51.2 Å². The molecule has 0 bridgehead atoms. The van der Waals surface area contributed by atoms with E-state index in [1.165, 1.54) is 9.58 Å². The summed E-state index contributed by atoms with van der Waals surface area (Å²) in [4.78, 5) is 12.4. The maximum absolute atomic E-state index is 14.5. The van der Waals surface area contributed by atoms with Crippen LogP contribution in [-0.4, -0.2) is 31.9 Å². The van der Waals surface area contributed by atoms with E-state index < -0.39 is 18.4 Å². The average Bonchev–Trinajstić information content (AvgIpc) is 2.67. The van der Waals surface area contributed by atoms with Crippen molar-refractivity contribution in [3.8, 4) is 0 Å². The smallest absolute Gasteiger partial charge is 0.407 e. The summed E-state index contributed by atoms with van der Waals surface area (Å²) < 4.78 is 30.3. The number of hydrogen-bond acceptors (Lipinski definition) is 2. The number of carboxylic acid groups (broad SMARTS) is 1. The lowest BCUT2D eigenvalue weighted by atomic mass is 9.96. The summed E-state index contributed by atoms with van der Waals surface area (Å²) in [5.41, 5.74) is 1.34. The molecule has 0 spiro atoms. The molecule has 0 radical (unpaired) electrons. The highest BCUT2D eigenvalue weighted by molar-refractivity contribution is 5.66. The second-order valence-electron chi connectivity index (χ2n) is 5.84. The van der Waals surface area contributed by atoms with Crippen LogP contribution in [0.1, 0.15) is 36.7 Å². The molecule has 3 rings (SSSR count). The molecule has 2 aliphatic heterocycles. The first kappa shape index (κ1) is 14.0. The van der Waals surface area contributed by atoms with E-state index in [1.54, 1.807) is 6.92 Å². The summed E-state index contributed by atoms with van der Waals surface area (Å²) >= 11 is 0. The van der Waals surface area contributed by atoms with Crippen LogP contribution in [0.15, 0.2) is 12.2 Å². The summed E-state index contributed by atoms with van der Waals surface area (Å²) in [5.74, 6) is -3.04. The Morgan fingerprint density at radius 3 is 2.90 bits per heavy atom. The van der Waals surface area contributed by atoms with E-state index in [2.05, 4.69) is 11.7 Å². The molecule has 114 valence electrons. The summed E-state index contributed by atoms with van der Waals surface area (Å²) in [7, 11) is 0. The van der Waals surface area contributed by atoms with Crippen molar-refractivity contribution < 1.29 is 18.7 Å². The lowest BCUT2D eigenvalue weighted by Crippen LogP contribution is -2.42. The fraction of sp³-hybridized carbons (Fsp3) is 0.571. The van der Waals surface area contributed by atoms with Crippen molar-refractivity contribution in [1.29, 1.82) is 0 Å². The van der Waals surface area contributed by atoms with Crippen LogP contribution in [0.3, 0.4) is 0 Å². The van der Waals surface area contributed by atoms with E-state index in [0.717, 1.165) is 0 Å². The van der Waals surface area contributed by atoms with E-state index in [1.807, 2.05) is 0 Å².